The fourth-order valence-corrected chi connectivity index (χ4v) is 3.60. The molecule has 6 nitrogen and oxygen atoms in total. The smallest absolute Gasteiger partial charge is 0.311 e. The number of allylic oxidation sites excluding steroid dienone is 1. The summed E-state index contributed by atoms with van der Waals surface area (Å²) in [6.07, 6.45) is 5.36. The van der Waals surface area contributed by atoms with Crippen LogP contribution in [0.3, 0.4) is 0 Å². The highest BCUT2D eigenvalue weighted by Crippen LogP contribution is 2.44. The molecule has 0 saturated carbocycles. The van der Waals surface area contributed by atoms with Gasteiger partial charge >= 0.3 is 5.97 Å². The molecule has 0 aromatic heterocycles. The molecule has 24 heavy (non-hydrogen) atoms. The number of hydroxylamine groups is 2. The van der Waals surface area contributed by atoms with E-state index in [9.17, 15) is 9.59 Å². The van der Waals surface area contributed by atoms with E-state index in [1.807, 2.05) is 0 Å². The first-order chi connectivity index (χ1) is 11.4. The zero-order valence-electron chi connectivity index (χ0n) is 14.9. The number of likely N-dealkylation sites (tertiary alicyclic amines) is 1. The molecule has 0 aliphatic carbocycles. The second-order valence-electron chi connectivity index (χ2n) is 6.74. The Balaban J connectivity index is 2.17. The Kier molecular flexibility index (Phi) is 6.18. The summed E-state index contributed by atoms with van der Waals surface area (Å²) < 4.78 is 4.95. The maximum atomic E-state index is 12.4. The molecule has 2 heterocycles. The molecule has 2 aliphatic heterocycles. The average Bonchev–Trinajstić information content (AvgIpc) is 2.83. The van der Waals surface area contributed by atoms with Crippen LogP contribution in [-0.4, -0.2) is 60.7 Å². The third kappa shape index (κ3) is 3.70. The van der Waals surface area contributed by atoms with Crippen molar-refractivity contribution in [3.05, 3.63) is 24.3 Å². The second kappa shape index (κ2) is 7.94. The van der Waals surface area contributed by atoms with Crippen molar-refractivity contribution in [2.75, 3.05) is 33.4 Å². The molecular weight excluding hydrogens is 308 g/mol. The Morgan fingerprint density at radius 1 is 1.38 bits per heavy atom. The average molecular weight is 336 g/mol. The van der Waals surface area contributed by atoms with E-state index in [-0.39, 0.29) is 24.9 Å². The molecule has 6 heteroatoms. The summed E-state index contributed by atoms with van der Waals surface area (Å²) in [6, 6.07) is 0. The predicted octanol–water partition coefficient (Wildman–Crippen LogP) is 1.93. The Hall–Kier alpha value is -1.66. The quantitative estimate of drug-likeness (QED) is 0.548. The van der Waals surface area contributed by atoms with Gasteiger partial charge in [0.25, 0.3) is 0 Å². The molecule has 2 saturated heterocycles. The molecule has 134 valence electrons. The molecule has 1 amide bonds. The van der Waals surface area contributed by atoms with E-state index in [1.165, 1.54) is 17.7 Å². The van der Waals surface area contributed by atoms with E-state index >= 15 is 0 Å². The summed E-state index contributed by atoms with van der Waals surface area (Å²) >= 11 is 0. The second-order valence-corrected chi connectivity index (χ2v) is 6.74. The minimum absolute atomic E-state index is 0.148. The van der Waals surface area contributed by atoms with Crippen LogP contribution < -0.4 is 0 Å². The number of hydrogen-bond donors (Lipinski definition) is 0. The van der Waals surface area contributed by atoms with Gasteiger partial charge in [-0.25, -0.2) is 5.06 Å². The van der Waals surface area contributed by atoms with Crippen molar-refractivity contribution in [3.63, 3.8) is 0 Å². The lowest BCUT2D eigenvalue weighted by Gasteiger charge is -2.45. The Morgan fingerprint density at radius 2 is 2.04 bits per heavy atom. The number of methoxy groups -OCH3 is 1. The van der Waals surface area contributed by atoms with E-state index in [4.69, 9.17) is 9.57 Å². The third-order valence-corrected chi connectivity index (χ3v) is 4.95. The van der Waals surface area contributed by atoms with Crippen molar-refractivity contribution in [2.45, 2.75) is 38.6 Å². The number of ether oxygens (including phenoxy) is 1. The maximum Gasteiger partial charge on any atom is 0.311 e. The van der Waals surface area contributed by atoms with Crippen molar-refractivity contribution >= 4 is 11.9 Å². The summed E-state index contributed by atoms with van der Waals surface area (Å²) in [6.45, 7) is 10.6. The minimum atomic E-state index is -0.603. The van der Waals surface area contributed by atoms with Gasteiger partial charge in [0.15, 0.2) is 0 Å². The van der Waals surface area contributed by atoms with Crippen molar-refractivity contribution < 1.29 is 19.2 Å². The maximum absolute atomic E-state index is 12.4. The topological polar surface area (TPSA) is 59.1 Å². The highest BCUT2D eigenvalue weighted by molar-refractivity contribution is 5.88. The van der Waals surface area contributed by atoms with Crippen molar-refractivity contribution in [1.82, 2.24) is 9.96 Å². The van der Waals surface area contributed by atoms with E-state index in [2.05, 4.69) is 31.4 Å². The van der Waals surface area contributed by atoms with Gasteiger partial charge in [0.1, 0.15) is 0 Å². The largest absolute Gasteiger partial charge is 0.469 e. The number of amides is 1. The fourth-order valence-electron chi connectivity index (χ4n) is 3.60. The molecule has 0 aromatic carbocycles. The first-order valence-corrected chi connectivity index (χ1v) is 8.45. The molecular formula is C18H28N2O4. The van der Waals surface area contributed by atoms with Crippen LogP contribution in [0.5, 0.6) is 0 Å². The van der Waals surface area contributed by atoms with E-state index in [0.29, 0.717) is 12.8 Å². The van der Waals surface area contributed by atoms with Gasteiger partial charge in [-0.2, -0.15) is 0 Å². The van der Waals surface area contributed by atoms with Crippen LogP contribution in [0.25, 0.3) is 0 Å². The van der Waals surface area contributed by atoms with Crippen LogP contribution in [0, 0.1) is 5.92 Å². The molecule has 1 atom stereocenters. The molecule has 0 bridgehead atoms. The summed E-state index contributed by atoms with van der Waals surface area (Å²) in [5, 5.41) is 1.44. The SMILES string of the molecule is C=CCON1C(=O)CC(C(=O)OC)C12CCN(CC=C(C)C)CC2. The number of piperidine rings is 1. The lowest BCUT2D eigenvalue weighted by atomic mass is 9.77. The Labute approximate surface area is 144 Å². The van der Waals surface area contributed by atoms with E-state index < -0.39 is 11.5 Å². The molecule has 1 spiro atoms. The van der Waals surface area contributed by atoms with E-state index in [1.54, 1.807) is 6.08 Å². The number of nitrogens with zero attached hydrogens (tertiary/aromatic N) is 2. The van der Waals surface area contributed by atoms with Crippen LogP contribution in [0.15, 0.2) is 24.3 Å². The lowest BCUT2D eigenvalue weighted by Crippen LogP contribution is -2.57. The lowest BCUT2D eigenvalue weighted by molar-refractivity contribution is -0.217. The molecule has 0 radical (unpaired) electrons. The van der Waals surface area contributed by atoms with Crippen LogP contribution in [-0.2, 0) is 19.2 Å². The molecule has 2 rings (SSSR count). The van der Waals surface area contributed by atoms with Gasteiger partial charge in [-0.05, 0) is 26.7 Å². The summed E-state index contributed by atoms with van der Waals surface area (Å²) in [7, 11) is 1.37. The minimum Gasteiger partial charge on any atom is -0.469 e. The van der Waals surface area contributed by atoms with Gasteiger partial charge in [-0.1, -0.05) is 17.7 Å². The predicted molar refractivity (Wildman–Crippen MR) is 91.0 cm³/mol. The highest BCUT2D eigenvalue weighted by atomic mass is 16.7. The number of esters is 1. The zero-order valence-corrected chi connectivity index (χ0v) is 14.9. The first-order valence-electron chi connectivity index (χ1n) is 8.45. The van der Waals surface area contributed by atoms with Crippen molar-refractivity contribution in [1.29, 1.82) is 0 Å². The van der Waals surface area contributed by atoms with Gasteiger partial charge < -0.3 is 4.74 Å². The fraction of sp³-hybridized carbons (Fsp3) is 0.667. The Bertz CT molecular complexity index is 517. The summed E-state index contributed by atoms with van der Waals surface area (Å²) in [5.74, 6) is -0.943. The Morgan fingerprint density at radius 3 is 2.58 bits per heavy atom. The molecule has 2 fully saturated rings. The summed E-state index contributed by atoms with van der Waals surface area (Å²) in [4.78, 5) is 32.6. The van der Waals surface area contributed by atoms with Crippen LogP contribution >= 0.6 is 0 Å². The van der Waals surface area contributed by atoms with Crippen LogP contribution in [0.1, 0.15) is 33.1 Å². The number of rotatable bonds is 6. The zero-order chi connectivity index (χ0) is 17.7. The first kappa shape index (κ1) is 18.7. The van der Waals surface area contributed by atoms with Gasteiger partial charge in [0, 0.05) is 26.1 Å². The number of hydrogen-bond acceptors (Lipinski definition) is 5. The van der Waals surface area contributed by atoms with Gasteiger partial charge in [-0.3, -0.25) is 19.3 Å². The third-order valence-electron chi connectivity index (χ3n) is 4.95. The molecule has 2 aliphatic rings. The van der Waals surface area contributed by atoms with E-state index in [0.717, 1.165) is 19.6 Å². The van der Waals surface area contributed by atoms with Gasteiger partial charge in [0.2, 0.25) is 5.91 Å². The number of carbonyl (C=O) groups is 2. The van der Waals surface area contributed by atoms with Crippen LogP contribution in [0.2, 0.25) is 0 Å². The monoisotopic (exact) mass is 336 g/mol. The molecule has 1 unspecified atom stereocenters. The van der Waals surface area contributed by atoms with Crippen LogP contribution in [0.4, 0.5) is 0 Å². The standard InChI is InChI=1S/C18H28N2O4/c1-5-12-24-20-16(21)13-15(17(22)23-4)18(20)7-10-19(11-8-18)9-6-14(2)3/h5-6,15H,1,7-13H2,2-4H3. The van der Waals surface area contributed by atoms with Gasteiger partial charge in [0.05, 0.1) is 25.2 Å². The molecule has 0 aromatic rings. The summed E-state index contributed by atoms with van der Waals surface area (Å²) in [5.41, 5.74) is 0.684. The van der Waals surface area contributed by atoms with Crippen molar-refractivity contribution in [3.8, 4) is 0 Å². The number of carbonyl (C=O) groups excluding carboxylic acids is 2. The highest BCUT2D eigenvalue weighted by Gasteiger charge is 2.58. The van der Waals surface area contributed by atoms with Crippen molar-refractivity contribution in [2.24, 2.45) is 5.92 Å². The normalized spacial score (nSPS) is 23.4. The molecule has 0 N–H and O–H groups in total. The van der Waals surface area contributed by atoms with Gasteiger partial charge in [-0.15, -0.1) is 6.58 Å².